The standard InChI is InChI=1S/C8H7Cl2NO2/c9-5-7(10)6-3-1-2-4-8(6)11(12)13/h1-4,7H,5H2. The van der Waals surface area contributed by atoms with Crippen molar-refractivity contribution in [2.24, 2.45) is 0 Å². The maximum Gasteiger partial charge on any atom is 0.274 e. The fourth-order valence-corrected chi connectivity index (χ4v) is 1.35. The van der Waals surface area contributed by atoms with E-state index in [2.05, 4.69) is 0 Å². The molecule has 5 heteroatoms. The number of para-hydroxylation sites is 1. The summed E-state index contributed by atoms with van der Waals surface area (Å²) in [5.41, 5.74) is 0.479. The lowest BCUT2D eigenvalue weighted by Gasteiger charge is -2.05. The Kier molecular flexibility index (Phi) is 3.51. The van der Waals surface area contributed by atoms with Gasteiger partial charge >= 0.3 is 0 Å². The lowest BCUT2D eigenvalue weighted by molar-refractivity contribution is -0.385. The molecular weight excluding hydrogens is 213 g/mol. The van der Waals surface area contributed by atoms with E-state index in [1.54, 1.807) is 18.2 Å². The molecule has 1 aromatic carbocycles. The molecule has 0 fully saturated rings. The molecule has 0 aliphatic carbocycles. The highest BCUT2D eigenvalue weighted by molar-refractivity contribution is 6.28. The van der Waals surface area contributed by atoms with Crippen molar-refractivity contribution in [3.8, 4) is 0 Å². The molecule has 0 heterocycles. The van der Waals surface area contributed by atoms with Crippen molar-refractivity contribution < 1.29 is 4.92 Å². The van der Waals surface area contributed by atoms with Crippen LogP contribution in [0.3, 0.4) is 0 Å². The van der Waals surface area contributed by atoms with E-state index in [0.717, 1.165) is 0 Å². The van der Waals surface area contributed by atoms with Gasteiger partial charge in [0.25, 0.3) is 5.69 Å². The van der Waals surface area contributed by atoms with Crippen molar-refractivity contribution in [3.63, 3.8) is 0 Å². The Morgan fingerprint density at radius 1 is 1.46 bits per heavy atom. The molecule has 0 bridgehead atoms. The van der Waals surface area contributed by atoms with Crippen molar-refractivity contribution in [1.82, 2.24) is 0 Å². The third kappa shape index (κ3) is 2.32. The number of alkyl halides is 2. The van der Waals surface area contributed by atoms with Gasteiger partial charge in [-0.25, -0.2) is 0 Å². The quantitative estimate of drug-likeness (QED) is 0.446. The van der Waals surface area contributed by atoms with E-state index in [4.69, 9.17) is 23.2 Å². The smallest absolute Gasteiger partial charge is 0.258 e. The maximum absolute atomic E-state index is 10.5. The summed E-state index contributed by atoms with van der Waals surface area (Å²) in [7, 11) is 0. The van der Waals surface area contributed by atoms with Gasteiger partial charge in [0.15, 0.2) is 0 Å². The Morgan fingerprint density at radius 2 is 2.08 bits per heavy atom. The van der Waals surface area contributed by atoms with E-state index in [0.29, 0.717) is 5.56 Å². The average molecular weight is 220 g/mol. The number of hydrogen-bond acceptors (Lipinski definition) is 2. The van der Waals surface area contributed by atoms with Gasteiger partial charge in [-0.05, 0) is 0 Å². The van der Waals surface area contributed by atoms with Gasteiger partial charge in [-0.1, -0.05) is 18.2 Å². The fourth-order valence-electron chi connectivity index (χ4n) is 1.00. The summed E-state index contributed by atoms with van der Waals surface area (Å²) in [5, 5.41) is 10.0. The van der Waals surface area contributed by atoms with Crippen LogP contribution in [-0.4, -0.2) is 10.8 Å². The lowest BCUT2D eigenvalue weighted by Crippen LogP contribution is -1.98. The van der Waals surface area contributed by atoms with E-state index in [-0.39, 0.29) is 11.6 Å². The third-order valence-corrected chi connectivity index (χ3v) is 2.46. The largest absolute Gasteiger partial charge is 0.274 e. The van der Waals surface area contributed by atoms with Gasteiger partial charge in [-0.2, -0.15) is 0 Å². The van der Waals surface area contributed by atoms with Gasteiger partial charge in [0.2, 0.25) is 0 Å². The number of nitro benzene ring substituents is 1. The second-order valence-electron chi connectivity index (χ2n) is 2.44. The zero-order valence-electron chi connectivity index (χ0n) is 6.61. The van der Waals surface area contributed by atoms with Crippen molar-refractivity contribution >= 4 is 28.9 Å². The molecule has 0 spiro atoms. The van der Waals surface area contributed by atoms with Crippen molar-refractivity contribution in [1.29, 1.82) is 0 Å². The first kappa shape index (κ1) is 10.3. The number of halogens is 2. The van der Waals surface area contributed by atoms with Crippen LogP contribution in [0.4, 0.5) is 5.69 Å². The number of benzene rings is 1. The van der Waals surface area contributed by atoms with Crippen LogP contribution in [-0.2, 0) is 0 Å². The van der Waals surface area contributed by atoms with Gasteiger partial charge in [0, 0.05) is 17.5 Å². The summed E-state index contributed by atoms with van der Waals surface area (Å²) in [6.07, 6.45) is 0. The Labute approximate surface area is 85.4 Å². The van der Waals surface area contributed by atoms with Crippen LogP contribution in [0.25, 0.3) is 0 Å². The van der Waals surface area contributed by atoms with E-state index < -0.39 is 10.3 Å². The molecule has 0 aromatic heterocycles. The summed E-state index contributed by atoms with van der Waals surface area (Å²) >= 11 is 11.3. The topological polar surface area (TPSA) is 43.1 Å². The summed E-state index contributed by atoms with van der Waals surface area (Å²) in [4.78, 5) is 10.1. The molecular formula is C8H7Cl2NO2. The minimum Gasteiger partial charge on any atom is -0.258 e. The number of rotatable bonds is 3. The van der Waals surface area contributed by atoms with Crippen LogP contribution in [0.1, 0.15) is 10.9 Å². The molecule has 1 aromatic rings. The SMILES string of the molecule is O=[N+]([O-])c1ccccc1C(Cl)CCl. The second-order valence-corrected chi connectivity index (χ2v) is 3.27. The van der Waals surface area contributed by atoms with Gasteiger partial charge < -0.3 is 0 Å². The lowest BCUT2D eigenvalue weighted by atomic mass is 10.1. The van der Waals surface area contributed by atoms with Gasteiger partial charge in [-0.3, -0.25) is 10.1 Å². The molecule has 0 aliphatic heterocycles. The maximum atomic E-state index is 10.5. The highest BCUT2D eigenvalue weighted by Crippen LogP contribution is 2.29. The Hall–Kier alpha value is -0.800. The zero-order chi connectivity index (χ0) is 9.84. The number of nitrogens with zero attached hydrogens (tertiary/aromatic N) is 1. The molecule has 0 aliphatic rings. The molecule has 0 radical (unpaired) electrons. The van der Waals surface area contributed by atoms with Gasteiger partial charge in [-0.15, -0.1) is 23.2 Å². The normalized spacial score (nSPS) is 12.5. The molecule has 0 amide bonds. The molecule has 0 saturated carbocycles. The summed E-state index contributed by atoms with van der Waals surface area (Å²) < 4.78 is 0. The van der Waals surface area contributed by atoms with Crippen LogP contribution in [0.5, 0.6) is 0 Å². The summed E-state index contributed by atoms with van der Waals surface area (Å²) in [5.74, 6) is 0.159. The summed E-state index contributed by atoms with van der Waals surface area (Å²) in [6.45, 7) is 0. The Bertz CT molecular complexity index is 317. The van der Waals surface area contributed by atoms with E-state index in [9.17, 15) is 10.1 Å². The van der Waals surface area contributed by atoms with Crippen LogP contribution in [0.15, 0.2) is 24.3 Å². The average Bonchev–Trinajstić information content (AvgIpc) is 2.16. The predicted octanol–water partition coefficient (Wildman–Crippen LogP) is 3.11. The molecule has 3 nitrogen and oxygen atoms in total. The second kappa shape index (κ2) is 4.44. The van der Waals surface area contributed by atoms with Crippen LogP contribution < -0.4 is 0 Å². The van der Waals surface area contributed by atoms with Gasteiger partial charge in [0.1, 0.15) is 0 Å². The van der Waals surface area contributed by atoms with E-state index in [1.807, 2.05) is 0 Å². The van der Waals surface area contributed by atoms with Crippen LogP contribution in [0, 0.1) is 10.1 Å². The van der Waals surface area contributed by atoms with Crippen LogP contribution >= 0.6 is 23.2 Å². The Morgan fingerprint density at radius 3 is 2.62 bits per heavy atom. The number of nitro groups is 1. The molecule has 1 rings (SSSR count). The highest BCUT2D eigenvalue weighted by atomic mass is 35.5. The molecule has 70 valence electrons. The minimum absolute atomic E-state index is 0.0168. The first-order valence-corrected chi connectivity index (χ1v) is 4.57. The minimum atomic E-state index is -0.511. The molecule has 1 unspecified atom stereocenters. The van der Waals surface area contributed by atoms with Crippen LogP contribution in [0.2, 0.25) is 0 Å². The number of hydrogen-bond donors (Lipinski definition) is 0. The predicted molar refractivity (Wildman–Crippen MR) is 52.4 cm³/mol. The monoisotopic (exact) mass is 219 g/mol. The van der Waals surface area contributed by atoms with Crippen molar-refractivity contribution in [2.45, 2.75) is 5.38 Å². The molecule has 0 saturated heterocycles. The molecule has 1 atom stereocenters. The summed E-state index contributed by atoms with van der Waals surface area (Å²) in [6, 6.07) is 6.32. The van der Waals surface area contributed by atoms with E-state index in [1.165, 1.54) is 6.07 Å². The molecule has 0 N–H and O–H groups in total. The Balaban J connectivity index is 3.11. The van der Waals surface area contributed by atoms with E-state index >= 15 is 0 Å². The highest BCUT2D eigenvalue weighted by Gasteiger charge is 2.18. The zero-order valence-corrected chi connectivity index (χ0v) is 8.13. The van der Waals surface area contributed by atoms with Crippen molar-refractivity contribution in [2.75, 3.05) is 5.88 Å². The first-order valence-electron chi connectivity index (χ1n) is 3.60. The van der Waals surface area contributed by atoms with Gasteiger partial charge in [0.05, 0.1) is 10.3 Å². The fraction of sp³-hybridized carbons (Fsp3) is 0.250. The first-order chi connectivity index (χ1) is 6.16. The van der Waals surface area contributed by atoms with Crippen molar-refractivity contribution in [3.05, 3.63) is 39.9 Å². The molecule has 13 heavy (non-hydrogen) atoms. The third-order valence-electron chi connectivity index (χ3n) is 1.61.